The Labute approximate surface area is 201 Å². The summed E-state index contributed by atoms with van der Waals surface area (Å²) in [5.74, 6) is 1.43. The molecule has 164 valence electrons. The van der Waals surface area contributed by atoms with Gasteiger partial charge in [-0.15, -0.1) is 11.3 Å². The van der Waals surface area contributed by atoms with Crippen molar-refractivity contribution in [3.63, 3.8) is 0 Å². The zero-order chi connectivity index (χ0) is 23.1. The molecule has 0 saturated heterocycles. The van der Waals surface area contributed by atoms with Crippen LogP contribution >= 0.6 is 11.3 Å². The summed E-state index contributed by atoms with van der Waals surface area (Å²) in [6.07, 6.45) is 3.56. The van der Waals surface area contributed by atoms with E-state index in [1.54, 1.807) is 23.7 Å². The second-order valence-electron chi connectivity index (χ2n) is 8.24. The van der Waals surface area contributed by atoms with Gasteiger partial charge in [-0.3, -0.25) is 9.97 Å². The minimum atomic E-state index is 0.681. The average Bonchev–Trinajstić information content (AvgIpc) is 3.31. The molecule has 0 amide bonds. The van der Waals surface area contributed by atoms with Crippen LogP contribution in [0.5, 0.6) is 11.5 Å². The molecule has 0 bridgehead atoms. The van der Waals surface area contributed by atoms with Gasteiger partial charge in [-0.2, -0.15) is 0 Å². The average molecular weight is 460 g/mol. The molecule has 0 spiro atoms. The lowest BCUT2D eigenvalue weighted by Crippen LogP contribution is -1.98. The van der Waals surface area contributed by atoms with Crippen LogP contribution in [0, 0.1) is 13.8 Å². The third-order valence-corrected chi connectivity index (χ3v) is 7.02. The maximum atomic E-state index is 6.53. The molecule has 4 heterocycles. The molecular formula is C29H21N3OS. The standard InChI is InChI=1S/C29H21N3OS/c1-18-15-27(29(32-19(18)2)25-8-5-6-13-30-25)33-26-12-14-31-24-11-10-20(16-22(24)26)23-17-34-28-9-4-3-7-21(23)28/h3-17H,1-2H3. The minimum absolute atomic E-state index is 0.681. The molecule has 0 atom stereocenters. The highest BCUT2D eigenvalue weighted by Gasteiger charge is 2.15. The van der Waals surface area contributed by atoms with Crippen LogP contribution in [0.1, 0.15) is 11.3 Å². The van der Waals surface area contributed by atoms with E-state index < -0.39 is 0 Å². The maximum absolute atomic E-state index is 6.53. The van der Waals surface area contributed by atoms with Crippen molar-refractivity contribution in [1.29, 1.82) is 0 Å². The summed E-state index contributed by atoms with van der Waals surface area (Å²) in [6, 6.07) is 24.6. The largest absolute Gasteiger partial charge is 0.454 e. The second kappa shape index (κ2) is 8.36. The van der Waals surface area contributed by atoms with Crippen LogP contribution in [-0.2, 0) is 0 Å². The van der Waals surface area contributed by atoms with E-state index in [0.29, 0.717) is 5.75 Å². The summed E-state index contributed by atoms with van der Waals surface area (Å²) in [7, 11) is 0. The number of rotatable bonds is 4. The molecule has 0 aliphatic carbocycles. The zero-order valence-electron chi connectivity index (χ0n) is 18.8. The van der Waals surface area contributed by atoms with Crippen molar-refractivity contribution in [2.45, 2.75) is 13.8 Å². The van der Waals surface area contributed by atoms with Crippen molar-refractivity contribution >= 4 is 32.3 Å². The van der Waals surface area contributed by atoms with Crippen molar-refractivity contribution < 1.29 is 4.74 Å². The molecule has 34 heavy (non-hydrogen) atoms. The van der Waals surface area contributed by atoms with Crippen LogP contribution in [0.3, 0.4) is 0 Å². The van der Waals surface area contributed by atoms with Gasteiger partial charge in [0.2, 0.25) is 0 Å². The first-order valence-corrected chi connectivity index (χ1v) is 12.0. The van der Waals surface area contributed by atoms with Gasteiger partial charge in [0.25, 0.3) is 0 Å². The molecule has 5 heteroatoms. The van der Waals surface area contributed by atoms with E-state index in [0.717, 1.165) is 44.9 Å². The lowest BCUT2D eigenvalue weighted by Gasteiger charge is -2.14. The highest BCUT2D eigenvalue weighted by atomic mass is 32.1. The van der Waals surface area contributed by atoms with Gasteiger partial charge < -0.3 is 4.74 Å². The molecule has 6 aromatic rings. The third kappa shape index (κ3) is 3.60. The smallest absolute Gasteiger partial charge is 0.155 e. The van der Waals surface area contributed by atoms with E-state index in [2.05, 4.69) is 57.8 Å². The molecule has 0 radical (unpaired) electrons. The fourth-order valence-corrected chi connectivity index (χ4v) is 5.11. The van der Waals surface area contributed by atoms with Gasteiger partial charge in [-0.1, -0.05) is 30.3 Å². The molecule has 2 aromatic carbocycles. The fourth-order valence-electron chi connectivity index (χ4n) is 4.14. The van der Waals surface area contributed by atoms with E-state index in [4.69, 9.17) is 9.72 Å². The van der Waals surface area contributed by atoms with E-state index >= 15 is 0 Å². The molecule has 6 rings (SSSR count). The molecule has 4 aromatic heterocycles. The van der Waals surface area contributed by atoms with E-state index in [1.807, 2.05) is 44.2 Å². The van der Waals surface area contributed by atoms with Gasteiger partial charge in [-0.25, -0.2) is 4.98 Å². The molecule has 0 fully saturated rings. The van der Waals surface area contributed by atoms with Crippen LogP contribution < -0.4 is 4.74 Å². The Morgan fingerprint density at radius 3 is 2.53 bits per heavy atom. The Morgan fingerprint density at radius 1 is 0.765 bits per heavy atom. The molecule has 0 saturated carbocycles. The number of aromatic nitrogens is 3. The summed E-state index contributed by atoms with van der Waals surface area (Å²) in [5.41, 5.74) is 6.79. The first kappa shape index (κ1) is 20.5. The summed E-state index contributed by atoms with van der Waals surface area (Å²) >= 11 is 1.76. The quantitative estimate of drug-likeness (QED) is 0.268. The normalized spacial score (nSPS) is 11.2. The summed E-state index contributed by atoms with van der Waals surface area (Å²) in [6.45, 7) is 4.05. The highest BCUT2D eigenvalue weighted by molar-refractivity contribution is 7.17. The fraction of sp³-hybridized carbons (Fsp3) is 0.0690. The van der Waals surface area contributed by atoms with E-state index in [1.165, 1.54) is 15.6 Å². The molecule has 4 nitrogen and oxygen atoms in total. The number of hydrogen-bond acceptors (Lipinski definition) is 5. The van der Waals surface area contributed by atoms with Crippen molar-refractivity contribution in [2.75, 3.05) is 0 Å². The van der Waals surface area contributed by atoms with E-state index in [-0.39, 0.29) is 0 Å². The van der Waals surface area contributed by atoms with Crippen LogP contribution in [0.2, 0.25) is 0 Å². The Bertz CT molecular complexity index is 1660. The number of nitrogens with zero attached hydrogens (tertiary/aromatic N) is 3. The number of ether oxygens (including phenoxy) is 1. The maximum Gasteiger partial charge on any atom is 0.155 e. The Balaban J connectivity index is 1.49. The van der Waals surface area contributed by atoms with Crippen LogP contribution in [0.4, 0.5) is 0 Å². The van der Waals surface area contributed by atoms with Crippen LogP contribution in [0.15, 0.2) is 90.6 Å². The lowest BCUT2D eigenvalue weighted by atomic mass is 10.0. The Hall–Kier alpha value is -4.09. The van der Waals surface area contributed by atoms with Gasteiger partial charge in [-0.05, 0) is 72.8 Å². The van der Waals surface area contributed by atoms with Crippen molar-refractivity contribution in [2.24, 2.45) is 0 Å². The lowest BCUT2D eigenvalue weighted by molar-refractivity contribution is 0.486. The van der Waals surface area contributed by atoms with Crippen molar-refractivity contribution in [3.05, 3.63) is 102 Å². The van der Waals surface area contributed by atoms with Gasteiger partial charge >= 0.3 is 0 Å². The zero-order valence-corrected chi connectivity index (χ0v) is 19.6. The molecule has 0 N–H and O–H groups in total. The monoisotopic (exact) mass is 459 g/mol. The van der Waals surface area contributed by atoms with Gasteiger partial charge in [0.15, 0.2) is 5.75 Å². The number of benzene rings is 2. The number of thiophene rings is 1. The SMILES string of the molecule is Cc1cc(Oc2ccnc3ccc(-c4csc5ccccc45)cc23)c(-c2ccccn2)nc1C. The topological polar surface area (TPSA) is 47.9 Å². The minimum Gasteiger partial charge on any atom is -0.454 e. The van der Waals surface area contributed by atoms with Crippen molar-refractivity contribution in [3.8, 4) is 34.0 Å². The summed E-state index contributed by atoms with van der Waals surface area (Å²) in [5, 5.41) is 4.43. The Kier molecular flexibility index (Phi) is 5.04. The number of fused-ring (bicyclic) bond motifs is 2. The van der Waals surface area contributed by atoms with Gasteiger partial charge in [0, 0.05) is 39.1 Å². The number of hydrogen-bond donors (Lipinski definition) is 0. The predicted octanol–water partition coefficient (Wildman–Crippen LogP) is 7.98. The van der Waals surface area contributed by atoms with Crippen LogP contribution in [0.25, 0.3) is 43.5 Å². The first-order chi connectivity index (χ1) is 16.7. The van der Waals surface area contributed by atoms with Crippen molar-refractivity contribution in [1.82, 2.24) is 15.0 Å². The summed E-state index contributed by atoms with van der Waals surface area (Å²) < 4.78 is 7.81. The highest BCUT2D eigenvalue weighted by Crippen LogP contribution is 2.39. The molecular weight excluding hydrogens is 438 g/mol. The van der Waals surface area contributed by atoms with Gasteiger partial charge in [0.05, 0.1) is 11.2 Å². The molecule has 0 aliphatic heterocycles. The summed E-state index contributed by atoms with van der Waals surface area (Å²) in [4.78, 5) is 13.9. The number of pyridine rings is 3. The molecule has 0 aliphatic rings. The molecule has 0 unspecified atom stereocenters. The third-order valence-electron chi connectivity index (χ3n) is 6.05. The Morgan fingerprint density at radius 2 is 1.65 bits per heavy atom. The van der Waals surface area contributed by atoms with Gasteiger partial charge in [0.1, 0.15) is 11.4 Å². The second-order valence-corrected chi connectivity index (χ2v) is 9.15. The first-order valence-electron chi connectivity index (χ1n) is 11.1. The predicted molar refractivity (Wildman–Crippen MR) is 140 cm³/mol. The van der Waals surface area contributed by atoms with Crippen LogP contribution in [-0.4, -0.2) is 15.0 Å². The number of aryl methyl sites for hydroxylation is 2. The van der Waals surface area contributed by atoms with E-state index in [9.17, 15) is 0 Å².